The summed E-state index contributed by atoms with van der Waals surface area (Å²) in [4.78, 5) is 14.3. The highest BCUT2D eigenvalue weighted by Crippen LogP contribution is 2.17. The smallest absolute Gasteiger partial charge is 0.240 e. The number of thioether (sulfide) groups is 1. The number of nitrogens with one attached hydrogen (secondary N) is 1. The summed E-state index contributed by atoms with van der Waals surface area (Å²) in [5, 5.41) is -0.0931. The maximum Gasteiger partial charge on any atom is 0.240 e. The van der Waals surface area contributed by atoms with Gasteiger partial charge in [0.15, 0.2) is 0 Å². The molecule has 1 aromatic rings. The van der Waals surface area contributed by atoms with Crippen LogP contribution in [0.3, 0.4) is 0 Å². The topological polar surface area (TPSA) is 66.5 Å². The van der Waals surface area contributed by atoms with E-state index in [2.05, 4.69) is 4.72 Å². The minimum atomic E-state index is -3.53. The number of amides is 1. The van der Waals surface area contributed by atoms with E-state index in [-0.39, 0.29) is 22.1 Å². The summed E-state index contributed by atoms with van der Waals surface area (Å²) in [7, 11) is -3.53. The number of rotatable bonds is 5. The Labute approximate surface area is 136 Å². The molecule has 0 spiro atoms. The Kier molecular flexibility index (Phi) is 5.88. The molecule has 5 nitrogen and oxygen atoms in total. The van der Waals surface area contributed by atoms with Crippen LogP contribution in [-0.2, 0) is 14.8 Å². The van der Waals surface area contributed by atoms with Crippen LogP contribution in [0, 0.1) is 0 Å². The first kappa shape index (κ1) is 17.3. The molecule has 7 heteroatoms. The first-order valence-corrected chi connectivity index (χ1v) is 10.1. The molecule has 1 N–H and O–H groups in total. The van der Waals surface area contributed by atoms with Gasteiger partial charge in [-0.25, -0.2) is 13.1 Å². The lowest BCUT2D eigenvalue weighted by molar-refractivity contribution is -0.131. The molecule has 1 saturated heterocycles. The zero-order valence-electron chi connectivity index (χ0n) is 12.9. The number of benzene rings is 1. The van der Waals surface area contributed by atoms with Crippen LogP contribution in [0.2, 0.25) is 0 Å². The highest BCUT2D eigenvalue weighted by Gasteiger charge is 2.29. The Morgan fingerprint density at radius 3 is 2.68 bits per heavy atom. The fraction of sp³-hybridized carbons (Fsp3) is 0.533. The molecule has 0 aromatic heterocycles. The van der Waals surface area contributed by atoms with E-state index in [9.17, 15) is 13.2 Å². The van der Waals surface area contributed by atoms with E-state index in [1.54, 1.807) is 35.2 Å². The minimum absolute atomic E-state index is 0.0797. The normalized spacial score (nSPS) is 20.6. The maximum absolute atomic E-state index is 12.3. The molecule has 0 radical (unpaired) electrons. The van der Waals surface area contributed by atoms with Crippen molar-refractivity contribution in [2.45, 2.75) is 36.0 Å². The summed E-state index contributed by atoms with van der Waals surface area (Å²) in [5.41, 5.74) is 0. The van der Waals surface area contributed by atoms with Gasteiger partial charge in [-0.1, -0.05) is 18.2 Å². The molecule has 2 atom stereocenters. The average molecular weight is 342 g/mol. The number of carbonyl (C=O) groups is 1. The molecule has 0 aliphatic carbocycles. The van der Waals surface area contributed by atoms with Crippen LogP contribution in [0.4, 0.5) is 0 Å². The third kappa shape index (κ3) is 4.24. The summed E-state index contributed by atoms with van der Waals surface area (Å²) >= 11 is 1.51. The summed E-state index contributed by atoms with van der Waals surface area (Å²) in [6.45, 7) is 3.02. The zero-order chi connectivity index (χ0) is 16.2. The average Bonchev–Trinajstić information content (AvgIpc) is 2.54. The summed E-state index contributed by atoms with van der Waals surface area (Å²) in [5.74, 6) is 0.0797. The molecule has 0 saturated carbocycles. The van der Waals surface area contributed by atoms with E-state index in [4.69, 9.17) is 0 Å². The zero-order valence-corrected chi connectivity index (χ0v) is 14.5. The standard InChI is InChI=1S/C15H22N2O3S2/c1-12(21-2)15(18)17-10-6-7-13(11-17)16-22(19,20)14-8-4-3-5-9-14/h3-5,8-9,12-13,16H,6-7,10-11H2,1-2H3. The fourth-order valence-electron chi connectivity index (χ4n) is 2.52. The molecule has 1 amide bonds. The Morgan fingerprint density at radius 2 is 2.05 bits per heavy atom. The highest BCUT2D eigenvalue weighted by molar-refractivity contribution is 7.99. The van der Waals surface area contributed by atoms with Gasteiger partial charge in [0.2, 0.25) is 15.9 Å². The molecule has 1 aromatic carbocycles. The van der Waals surface area contributed by atoms with Crippen molar-refractivity contribution < 1.29 is 13.2 Å². The quantitative estimate of drug-likeness (QED) is 0.885. The predicted molar refractivity (Wildman–Crippen MR) is 89.3 cm³/mol. The van der Waals surface area contributed by atoms with Gasteiger partial charge in [-0.05, 0) is 38.2 Å². The highest BCUT2D eigenvalue weighted by atomic mass is 32.2. The number of hydrogen-bond acceptors (Lipinski definition) is 4. The number of piperidine rings is 1. The van der Waals surface area contributed by atoms with E-state index in [0.717, 1.165) is 12.8 Å². The minimum Gasteiger partial charge on any atom is -0.340 e. The molecule has 122 valence electrons. The molecule has 1 aliphatic rings. The van der Waals surface area contributed by atoms with Gasteiger partial charge in [0.25, 0.3) is 0 Å². The van der Waals surface area contributed by atoms with Crippen molar-refractivity contribution in [2.24, 2.45) is 0 Å². The van der Waals surface area contributed by atoms with Gasteiger partial charge in [0.1, 0.15) is 0 Å². The summed E-state index contributed by atoms with van der Waals surface area (Å²) < 4.78 is 27.4. The number of nitrogens with zero attached hydrogens (tertiary/aromatic N) is 1. The van der Waals surface area contributed by atoms with Crippen molar-refractivity contribution in [2.75, 3.05) is 19.3 Å². The number of carbonyl (C=O) groups excluding carboxylic acids is 1. The number of hydrogen-bond donors (Lipinski definition) is 1. The van der Waals surface area contributed by atoms with Crippen molar-refractivity contribution in [3.05, 3.63) is 30.3 Å². The molecule has 0 bridgehead atoms. The molecule has 1 aliphatic heterocycles. The number of likely N-dealkylation sites (tertiary alicyclic amines) is 1. The molecule has 1 fully saturated rings. The third-order valence-electron chi connectivity index (χ3n) is 3.81. The van der Waals surface area contributed by atoms with E-state index in [1.165, 1.54) is 11.8 Å². The molecule has 22 heavy (non-hydrogen) atoms. The monoisotopic (exact) mass is 342 g/mol. The number of sulfonamides is 1. The third-order valence-corrected chi connectivity index (χ3v) is 6.25. The van der Waals surface area contributed by atoms with E-state index in [1.807, 2.05) is 13.2 Å². The van der Waals surface area contributed by atoms with Crippen LogP contribution >= 0.6 is 11.8 Å². The van der Waals surface area contributed by atoms with Gasteiger partial charge in [-0.15, -0.1) is 0 Å². The van der Waals surface area contributed by atoms with Crippen LogP contribution in [0.5, 0.6) is 0 Å². The van der Waals surface area contributed by atoms with E-state index < -0.39 is 10.0 Å². The second-order valence-corrected chi connectivity index (χ2v) is 8.33. The summed E-state index contributed by atoms with van der Waals surface area (Å²) in [6.07, 6.45) is 3.47. The first-order chi connectivity index (χ1) is 10.4. The van der Waals surface area contributed by atoms with E-state index >= 15 is 0 Å². The first-order valence-electron chi connectivity index (χ1n) is 7.33. The molecule has 2 rings (SSSR count). The second-order valence-electron chi connectivity index (χ2n) is 5.44. The lowest BCUT2D eigenvalue weighted by Crippen LogP contribution is -2.51. The van der Waals surface area contributed by atoms with Crippen LogP contribution in [0.1, 0.15) is 19.8 Å². The van der Waals surface area contributed by atoms with Crippen molar-refractivity contribution in [1.29, 1.82) is 0 Å². The van der Waals surface area contributed by atoms with Gasteiger partial charge in [-0.2, -0.15) is 11.8 Å². The van der Waals surface area contributed by atoms with Gasteiger partial charge in [0, 0.05) is 19.1 Å². The van der Waals surface area contributed by atoms with Crippen LogP contribution < -0.4 is 4.72 Å². The Hall–Kier alpha value is -1.05. The largest absolute Gasteiger partial charge is 0.340 e. The lowest BCUT2D eigenvalue weighted by Gasteiger charge is -2.34. The molecule has 1 heterocycles. The second kappa shape index (κ2) is 7.48. The van der Waals surface area contributed by atoms with Crippen LogP contribution in [0.15, 0.2) is 35.2 Å². The van der Waals surface area contributed by atoms with Gasteiger partial charge in [-0.3, -0.25) is 4.79 Å². The molecular formula is C15H22N2O3S2. The van der Waals surface area contributed by atoms with Gasteiger partial charge in [0.05, 0.1) is 10.1 Å². The maximum atomic E-state index is 12.3. The Bertz CT molecular complexity index is 604. The Morgan fingerprint density at radius 1 is 1.36 bits per heavy atom. The predicted octanol–water partition coefficient (Wildman–Crippen LogP) is 1.71. The fourth-order valence-corrected chi connectivity index (χ4v) is 4.15. The van der Waals surface area contributed by atoms with Gasteiger partial charge >= 0.3 is 0 Å². The van der Waals surface area contributed by atoms with E-state index in [0.29, 0.717) is 13.1 Å². The molecular weight excluding hydrogens is 320 g/mol. The SMILES string of the molecule is CSC(C)C(=O)N1CCCC(NS(=O)(=O)c2ccccc2)C1. The van der Waals surface area contributed by atoms with Crippen molar-refractivity contribution in [1.82, 2.24) is 9.62 Å². The lowest BCUT2D eigenvalue weighted by atomic mass is 10.1. The van der Waals surface area contributed by atoms with Gasteiger partial charge < -0.3 is 4.90 Å². The van der Waals surface area contributed by atoms with Crippen LogP contribution in [0.25, 0.3) is 0 Å². The van der Waals surface area contributed by atoms with Crippen LogP contribution in [-0.4, -0.2) is 49.9 Å². The molecule has 2 unspecified atom stereocenters. The summed E-state index contributed by atoms with van der Waals surface area (Å²) in [6, 6.07) is 8.10. The van der Waals surface area contributed by atoms with Crippen molar-refractivity contribution in [3.63, 3.8) is 0 Å². The van der Waals surface area contributed by atoms with Crippen molar-refractivity contribution in [3.8, 4) is 0 Å². The Balaban J connectivity index is 2.03. The van der Waals surface area contributed by atoms with Crippen molar-refractivity contribution >= 4 is 27.7 Å².